The summed E-state index contributed by atoms with van der Waals surface area (Å²) in [6, 6.07) is 2.78. The van der Waals surface area contributed by atoms with Gasteiger partial charge in [-0.2, -0.15) is 0 Å². The second-order valence-electron chi connectivity index (χ2n) is 4.20. The van der Waals surface area contributed by atoms with Gasteiger partial charge in [0.1, 0.15) is 6.61 Å². The van der Waals surface area contributed by atoms with E-state index in [2.05, 4.69) is 0 Å². The molecule has 0 aliphatic heterocycles. The highest BCUT2D eigenvalue weighted by Gasteiger charge is 2.14. The highest BCUT2D eigenvalue weighted by molar-refractivity contribution is 5.94. The lowest BCUT2D eigenvalue weighted by molar-refractivity contribution is 0.0696. The van der Waals surface area contributed by atoms with Crippen LogP contribution >= 0.6 is 0 Å². The maximum absolute atomic E-state index is 11.0. The summed E-state index contributed by atoms with van der Waals surface area (Å²) in [5.41, 5.74) is 5.74. The van der Waals surface area contributed by atoms with Crippen molar-refractivity contribution in [3.8, 4) is 11.5 Å². The highest BCUT2D eigenvalue weighted by Crippen LogP contribution is 2.32. The third kappa shape index (κ3) is 5.49. The van der Waals surface area contributed by atoms with Crippen molar-refractivity contribution >= 4 is 11.7 Å². The molecule has 1 rings (SSSR count). The third-order valence-electron chi connectivity index (χ3n) is 2.69. The predicted octanol–water partition coefficient (Wildman–Crippen LogP) is 1.41. The van der Waals surface area contributed by atoms with Crippen molar-refractivity contribution in [3.05, 3.63) is 17.7 Å². The first-order valence-electron chi connectivity index (χ1n) is 6.50. The van der Waals surface area contributed by atoms with E-state index in [-0.39, 0.29) is 17.9 Å². The monoisotopic (exact) mass is 299 g/mol. The zero-order chi connectivity index (χ0) is 15.7. The van der Waals surface area contributed by atoms with Crippen molar-refractivity contribution in [2.45, 2.75) is 6.42 Å². The molecular formula is C14H21NO6. The fourth-order valence-corrected chi connectivity index (χ4v) is 1.65. The molecule has 0 saturated heterocycles. The Labute approximate surface area is 123 Å². The van der Waals surface area contributed by atoms with E-state index in [9.17, 15) is 4.79 Å². The van der Waals surface area contributed by atoms with Gasteiger partial charge in [-0.3, -0.25) is 0 Å². The quantitative estimate of drug-likeness (QED) is 0.497. The molecule has 0 heterocycles. The fourth-order valence-electron chi connectivity index (χ4n) is 1.65. The van der Waals surface area contributed by atoms with Gasteiger partial charge in [0.2, 0.25) is 0 Å². The van der Waals surface area contributed by atoms with Gasteiger partial charge in [-0.05, 0) is 6.42 Å². The Balaban J connectivity index is 2.53. The van der Waals surface area contributed by atoms with E-state index < -0.39 is 5.97 Å². The minimum atomic E-state index is -1.11. The minimum absolute atomic E-state index is 0.0215. The Hall–Kier alpha value is -1.99. The first-order chi connectivity index (χ1) is 10.1. The lowest BCUT2D eigenvalue weighted by Gasteiger charge is -2.13. The van der Waals surface area contributed by atoms with Crippen molar-refractivity contribution in [1.82, 2.24) is 0 Å². The number of anilines is 1. The van der Waals surface area contributed by atoms with Gasteiger partial charge in [0.15, 0.2) is 11.5 Å². The average Bonchev–Trinajstić information content (AvgIpc) is 2.46. The van der Waals surface area contributed by atoms with E-state index in [0.717, 1.165) is 6.42 Å². The first-order valence-corrected chi connectivity index (χ1v) is 6.50. The molecule has 3 N–H and O–H groups in total. The smallest absolute Gasteiger partial charge is 0.337 e. The number of rotatable bonds is 10. The van der Waals surface area contributed by atoms with E-state index in [1.165, 1.54) is 19.2 Å². The summed E-state index contributed by atoms with van der Waals surface area (Å²) in [5.74, 6) is -0.405. The molecule has 0 fully saturated rings. The van der Waals surface area contributed by atoms with Gasteiger partial charge in [-0.25, -0.2) is 4.79 Å². The van der Waals surface area contributed by atoms with Crippen LogP contribution < -0.4 is 15.2 Å². The molecule has 0 spiro atoms. The number of nitrogens with two attached hydrogens (primary N) is 1. The van der Waals surface area contributed by atoms with Crippen LogP contribution in [0.2, 0.25) is 0 Å². The summed E-state index contributed by atoms with van der Waals surface area (Å²) < 4.78 is 20.8. The summed E-state index contributed by atoms with van der Waals surface area (Å²) in [4.78, 5) is 11.0. The number of benzene rings is 1. The summed E-state index contributed by atoms with van der Waals surface area (Å²) in [6.07, 6.45) is 0.810. The van der Waals surface area contributed by atoms with Gasteiger partial charge in [0, 0.05) is 32.5 Å². The molecule has 0 amide bonds. The van der Waals surface area contributed by atoms with Crippen molar-refractivity contribution in [3.63, 3.8) is 0 Å². The molecule has 0 aliphatic carbocycles. The van der Waals surface area contributed by atoms with Gasteiger partial charge in [-0.15, -0.1) is 0 Å². The number of hydrogen-bond acceptors (Lipinski definition) is 6. The predicted molar refractivity (Wildman–Crippen MR) is 77.2 cm³/mol. The minimum Gasteiger partial charge on any atom is -0.493 e. The van der Waals surface area contributed by atoms with Crippen LogP contribution in [0.4, 0.5) is 5.69 Å². The maximum Gasteiger partial charge on any atom is 0.337 e. The van der Waals surface area contributed by atoms with Crippen molar-refractivity contribution < 1.29 is 28.8 Å². The number of nitrogen functional groups attached to an aromatic ring is 1. The molecule has 0 unspecified atom stereocenters. The largest absolute Gasteiger partial charge is 0.493 e. The Kier molecular flexibility index (Phi) is 7.34. The van der Waals surface area contributed by atoms with E-state index in [4.69, 9.17) is 29.8 Å². The number of ether oxygens (including phenoxy) is 4. The molecule has 1 aromatic rings. The number of carboxylic acids is 1. The molecule has 0 saturated carbocycles. The third-order valence-corrected chi connectivity index (χ3v) is 2.69. The molecule has 7 nitrogen and oxygen atoms in total. The van der Waals surface area contributed by atoms with E-state index in [1.807, 2.05) is 0 Å². The normalized spacial score (nSPS) is 10.4. The molecule has 7 heteroatoms. The summed E-state index contributed by atoms with van der Waals surface area (Å²) in [6.45, 7) is 1.90. The lowest BCUT2D eigenvalue weighted by atomic mass is 10.1. The number of carbonyl (C=O) groups is 1. The number of carboxylic acid groups (broad SMARTS) is 1. The van der Waals surface area contributed by atoms with Crippen LogP contribution in [-0.4, -0.2) is 51.7 Å². The van der Waals surface area contributed by atoms with Crippen LogP contribution in [0.5, 0.6) is 11.5 Å². The van der Waals surface area contributed by atoms with E-state index in [1.54, 1.807) is 7.11 Å². The molecule has 0 aliphatic rings. The molecule has 118 valence electrons. The number of aromatic carboxylic acids is 1. The Morgan fingerprint density at radius 2 is 1.90 bits per heavy atom. The van der Waals surface area contributed by atoms with Gasteiger partial charge >= 0.3 is 5.97 Å². The Morgan fingerprint density at radius 1 is 1.14 bits per heavy atom. The van der Waals surface area contributed by atoms with Gasteiger partial charge in [0.05, 0.1) is 25.0 Å². The van der Waals surface area contributed by atoms with Crippen molar-refractivity contribution in [1.29, 1.82) is 0 Å². The molecule has 0 atom stereocenters. The molecule has 21 heavy (non-hydrogen) atoms. The molecule has 0 radical (unpaired) electrons. The zero-order valence-electron chi connectivity index (χ0n) is 12.3. The second kappa shape index (κ2) is 9.04. The van der Waals surface area contributed by atoms with E-state index in [0.29, 0.717) is 31.3 Å². The Morgan fingerprint density at radius 3 is 2.52 bits per heavy atom. The van der Waals surface area contributed by atoms with Gasteiger partial charge in [0.25, 0.3) is 0 Å². The first kappa shape index (κ1) is 17.1. The topological polar surface area (TPSA) is 100 Å². The number of hydrogen-bond donors (Lipinski definition) is 2. The summed E-state index contributed by atoms with van der Waals surface area (Å²) in [5, 5.41) is 9.03. The van der Waals surface area contributed by atoms with Gasteiger partial charge < -0.3 is 29.8 Å². The molecular weight excluding hydrogens is 278 g/mol. The zero-order valence-corrected chi connectivity index (χ0v) is 12.3. The highest BCUT2D eigenvalue weighted by atomic mass is 16.5. The molecule has 0 bridgehead atoms. The van der Waals surface area contributed by atoms with E-state index >= 15 is 0 Å². The summed E-state index contributed by atoms with van der Waals surface area (Å²) >= 11 is 0. The molecule has 1 aromatic carbocycles. The summed E-state index contributed by atoms with van der Waals surface area (Å²) in [7, 11) is 3.10. The van der Waals surface area contributed by atoms with Crippen LogP contribution in [0.15, 0.2) is 12.1 Å². The lowest BCUT2D eigenvalue weighted by Crippen LogP contribution is -2.10. The van der Waals surface area contributed by atoms with Crippen molar-refractivity contribution in [2.75, 3.05) is 46.4 Å². The van der Waals surface area contributed by atoms with Gasteiger partial charge in [-0.1, -0.05) is 0 Å². The second-order valence-corrected chi connectivity index (χ2v) is 4.20. The van der Waals surface area contributed by atoms with Crippen molar-refractivity contribution in [2.24, 2.45) is 0 Å². The van der Waals surface area contributed by atoms with Crippen LogP contribution in [-0.2, 0) is 9.47 Å². The standard InChI is InChI=1S/C14H21NO6/c1-18-4-3-5-20-6-7-21-13-8-10(14(16)17)11(15)9-12(13)19-2/h8-9H,3-7,15H2,1-2H3,(H,16,17). The number of methoxy groups -OCH3 is 2. The van der Waals surface area contributed by atoms with Crippen LogP contribution in [0.3, 0.4) is 0 Å². The maximum atomic E-state index is 11.0. The molecule has 0 aromatic heterocycles. The van der Waals surface area contributed by atoms with Crippen LogP contribution in [0, 0.1) is 0 Å². The van der Waals surface area contributed by atoms with Crippen LogP contribution in [0.25, 0.3) is 0 Å². The fraction of sp³-hybridized carbons (Fsp3) is 0.500. The Bertz CT molecular complexity index is 463. The SMILES string of the molecule is COCCCOCCOc1cc(C(=O)O)c(N)cc1OC. The average molecular weight is 299 g/mol. The van der Waals surface area contributed by atoms with Crippen LogP contribution in [0.1, 0.15) is 16.8 Å².